The minimum atomic E-state index is -0.742. The molecule has 5 nitrogen and oxygen atoms in total. The van der Waals surface area contributed by atoms with Crippen LogP contribution >= 0.6 is 0 Å². The second-order valence-corrected chi connectivity index (χ2v) is 3.81. The topological polar surface area (TPSA) is 68.3 Å². The number of hydrogen-bond donors (Lipinski definition) is 1. The molecule has 1 heterocycles. The highest BCUT2D eigenvalue weighted by Gasteiger charge is 2.26. The van der Waals surface area contributed by atoms with Crippen LogP contribution in [0.25, 0.3) is 0 Å². The molecule has 5 heteroatoms. The number of aromatic nitrogens is 1. The summed E-state index contributed by atoms with van der Waals surface area (Å²) in [6.07, 6.45) is 4.62. The lowest BCUT2D eigenvalue weighted by molar-refractivity contribution is -0.143. The second-order valence-electron chi connectivity index (χ2n) is 3.81. The third kappa shape index (κ3) is 3.41. The van der Waals surface area contributed by atoms with Gasteiger partial charge in [0.1, 0.15) is 6.04 Å². The molecular formula is C13H16N2O3. The van der Waals surface area contributed by atoms with Crippen LogP contribution in [0.5, 0.6) is 0 Å². The molecule has 96 valence electrons. The lowest BCUT2D eigenvalue weighted by Gasteiger charge is -2.20. The van der Waals surface area contributed by atoms with E-state index in [1.165, 1.54) is 19.5 Å². The third-order valence-electron chi connectivity index (χ3n) is 2.58. The molecule has 0 bridgehead atoms. The third-order valence-corrected chi connectivity index (χ3v) is 2.58. The number of rotatable bonds is 5. The molecule has 1 aromatic heterocycles. The van der Waals surface area contributed by atoms with Gasteiger partial charge in [0.25, 0.3) is 5.91 Å². The normalized spacial score (nSPS) is 13.2. The summed E-state index contributed by atoms with van der Waals surface area (Å²) >= 11 is 0. The first-order valence-corrected chi connectivity index (χ1v) is 5.51. The van der Waals surface area contributed by atoms with Gasteiger partial charge in [-0.05, 0) is 12.1 Å². The SMILES string of the molecule is C=C[C@H](C)[C@H](NC(=O)c1ccncc1)C(=O)OC. The fourth-order valence-corrected chi connectivity index (χ4v) is 1.40. The first-order valence-electron chi connectivity index (χ1n) is 5.51. The van der Waals surface area contributed by atoms with Crippen molar-refractivity contribution in [3.8, 4) is 0 Å². The van der Waals surface area contributed by atoms with Crippen LogP contribution in [0.2, 0.25) is 0 Å². The number of ether oxygens (including phenoxy) is 1. The number of methoxy groups -OCH3 is 1. The molecule has 18 heavy (non-hydrogen) atoms. The monoisotopic (exact) mass is 248 g/mol. The number of amides is 1. The molecule has 1 amide bonds. The molecule has 0 aliphatic heterocycles. The number of carbonyl (C=O) groups is 2. The van der Waals surface area contributed by atoms with E-state index in [4.69, 9.17) is 0 Å². The van der Waals surface area contributed by atoms with E-state index in [-0.39, 0.29) is 11.8 Å². The molecule has 0 aliphatic carbocycles. The van der Waals surface area contributed by atoms with Crippen molar-refractivity contribution in [2.75, 3.05) is 7.11 Å². The fraction of sp³-hybridized carbons (Fsp3) is 0.308. The van der Waals surface area contributed by atoms with Crippen LogP contribution < -0.4 is 5.32 Å². The highest BCUT2D eigenvalue weighted by atomic mass is 16.5. The molecule has 0 aromatic carbocycles. The maximum absolute atomic E-state index is 11.9. The van der Waals surface area contributed by atoms with Gasteiger partial charge in [0, 0.05) is 23.9 Å². The Morgan fingerprint density at radius 1 is 1.44 bits per heavy atom. The number of carbonyl (C=O) groups excluding carboxylic acids is 2. The predicted molar refractivity (Wildman–Crippen MR) is 66.9 cm³/mol. The Kier molecular flexibility index (Phi) is 5.05. The van der Waals surface area contributed by atoms with Crippen molar-refractivity contribution < 1.29 is 14.3 Å². The van der Waals surface area contributed by atoms with E-state index in [9.17, 15) is 9.59 Å². The van der Waals surface area contributed by atoms with Gasteiger partial charge in [-0.3, -0.25) is 9.78 Å². The molecule has 0 aliphatic rings. The van der Waals surface area contributed by atoms with Gasteiger partial charge in [-0.15, -0.1) is 6.58 Å². The standard InChI is InChI=1S/C13H16N2O3/c1-4-9(2)11(13(17)18-3)15-12(16)10-5-7-14-8-6-10/h4-9,11H,1H2,2-3H3,(H,15,16)/t9-,11-/m0/s1. The Hall–Kier alpha value is -2.17. The van der Waals surface area contributed by atoms with Crippen LogP contribution in [0.3, 0.4) is 0 Å². The van der Waals surface area contributed by atoms with Gasteiger partial charge in [0.05, 0.1) is 7.11 Å². The first-order chi connectivity index (χ1) is 8.60. The van der Waals surface area contributed by atoms with Crippen LogP contribution in [0, 0.1) is 5.92 Å². The van der Waals surface area contributed by atoms with E-state index in [1.807, 2.05) is 0 Å². The molecule has 0 saturated heterocycles. The van der Waals surface area contributed by atoms with Crippen LogP contribution in [-0.2, 0) is 9.53 Å². The summed E-state index contributed by atoms with van der Waals surface area (Å²) < 4.78 is 4.66. The van der Waals surface area contributed by atoms with Gasteiger partial charge < -0.3 is 10.1 Å². The molecule has 2 atom stereocenters. The van der Waals surface area contributed by atoms with E-state index < -0.39 is 12.0 Å². The molecule has 0 saturated carbocycles. The van der Waals surface area contributed by atoms with Crippen molar-refractivity contribution in [1.82, 2.24) is 10.3 Å². The van der Waals surface area contributed by atoms with E-state index in [2.05, 4.69) is 21.6 Å². The average molecular weight is 248 g/mol. The molecule has 1 N–H and O–H groups in total. The van der Waals surface area contributed by atoms with E-state index in [0.717, 1.165) is 0 Å². The molecular weight excluding hydrogens is 232 g/mol. The Bertz CT molecular complexity index is 431. The van der Waals surface area contributed by atoms with Gasteiger partial charge in [-0.25, -0.2) is 4.79 Å². The van der Waals surface area contributed by atoms with E-state index in [0.29, 0.717) is 5.56 Å². The van der Waals surface area contributed by atoms with Crippen molar-refractivity contribution in [3.05, 3.63) is 42.7 Å². The minimum Gasteiger partial charge on any atom is -0.467 e. The summed E-state index contributed by atoms with van der Waals surface area (Å²) in [6.45, 7) is 5.39. The van der Waals surface area contributed by atoms with Crippen LogP contribution in [-0.4, -0.2) is 30.0 Å². The summed E-state index contributed by atoms with van der Waals surface area (Å²) in [6, 6.07) is 2.40. The minimum absolute atomic E-state index is 0.219. The zero-order valence-electron chi connectivity index (χ0n) is 10.4. The molecule has 1 aromatic rings. The second kappa shape index (κ2) is 6.54. The lowest BCUT2D eigenvalue weighted by atomic mass is 10.0. The number of nitrogens with zero attached hydrogens (tertiary/aromatic N) is 1. The van der Waals surface area contributed by atoms with Gasteiger partial charge in [0.2, 0.25) is 0 Å². The Balaban J connectivity index is 2.81. The maximum Gasteiger partial charge on any atom is 0.328 e. The Morgan fingerprint density at radius 2 is 2.06 bits per heavy atom. The number of hydrogen-bond acceptors (Lipinski definition) is 4. The zero-order valence-corrected chi connectivity index (χ0v) is 10.4. The zero-order chi connectivity index (χ0) is 13.5. The largest absolute Gasteiger partial charge is 0.467 e. The highest BCUT2D eigenvalue weighted by Crippen LogP contribution is 2.07. The van der Waals surface area contributed by atoms with Gasteiger partial charge in [-0.1, -0.05) is 13.0 Å². The number of esters is 1. The quantitative estimate of drug-likeness (QED) is 0.627. The van der Waals surface area contributed by atoms with Crippen LogP contribution in [0.15, 0.2) is 37.2 Å². The van der Waals surface area contributed by atoms with Crippen molar-refractivity contribution >= 4 is 11.9 Å². The molecule has 0 unspecified atom stereocenters. The van der Waals surface area contributed by atoms with Gasteiger partial charge in [0.15, 0.2) is 0 Å². The van der Waals surface area contributed by atoms with Crippen molar-refractivity contribution in [1.29, 1.82) is 0 Å². The van der Waals surface area contributed by atoms with Crippen LogP contribution in [0.4, 0.5) is 0 Å². The Morgan fingerprint density at radius 3 is 2.56 bits per heavy atom. The van der Waals surface area contributed by atoms with Crippen LogP contribution in [0.1, 0.15) is 17.3 Å². The summed E-state index contributed by atoms with van der Waals surface area (Å²) in [7, 11) is 1.28. The van der Waals surface area contributed by atoms with Crippen molar-refractivity contribution in [3.63, 3.8) is 0 Å². The van der Waals surface area contributed by atoms with Crippen molar-refractivity contribution in [2.24, 2.45) is 5.92 Å². The molecule has 0 fully saturated rings. The van der Waals surface area contributed by atoms with E-state index >= 15 is 0 Å². The number of pyridine rings is 1. The predicted octanol–water partition coefficient (Wildman–Crippen LogP) is 1.18. The first kappa shape index (κ1) is 13.9. The van der Waals surface area contributed by atoms with E-state index in [1.54, 1.807) is 25.1 Å². The highest BCUT2D eigenvalue weighted by molar-refractivity contribution is 5.96. The maximum atomic E-state index is 11.9. The summed E-state index contributed by atoms with van der Waals surface area (Å²) in [5, 5.41) is 2.62. The molecule has 0 radical (unpaired) electrons. The number of nitrogens with one attached hydrogen (secondary N) is 1. The van der Waals surface area contributed by atoms with Crippen molar-refractivity contribution in [2.45, 2.75) is 13.0 Å². The van der Waals surface area contributed by atoms with Gasteiger partial charge in [-0.2, -0.15) is 0 Å². The Labute approximate surface area is 106 Å². The molecule has 1 rings (SSSR count). The van der Waals surface area contributed by atoms with Gasteiger partial charge >= 0.3 is 5.97 Å². The summed E-state index contributed by atoms with van der Waals surface area (Å²) in [4.78, 5) is 27.3. The lowest BCUT2D eigenvalue weighted by Crippen LogP contribution is -2.45. The summed E-state index contributed by atoms with van der Waals surface area (Å²) in [5.74, 6) is -1.06. The summed E-state index contributed by atoms with van der Waals surface area (Å²) in [5.41, 5.74) is 0.440. The fourth-order valence-electron chi connectivity index (χ4n) is 1.40. The smallest absolute Gasteiger partial charge is 0.328 e. The average Bonchev–Trinajstić information content (AvgIpc) is 2.43. The molecule has 0 spiro atoms.